The zero-order chi connectivity index (χ0) is 21.0. The van der Waals surface area contributed by atoms with Crippen molar-refractivity contribution in [2.45, 2.75) is 20.4 Å². The molecule has 0 fully saturated rings. The lowest BCUT2D eigenvalue weighted by Gasteiger charge is -2.04. The van der Waals surface area contributed by atoms with E-state index < -0.39 is 17.8 Å². The zero-order valence-corrected chi connectivity index (χ0v) is 16.9. The van der Waals surface area contributed by atoms with E-state index in [0.29, 0.717) is 17.9 Å². The van der Waals surface area contributed by atoms with Crippen LogP contribution in [0, 0.1) is 6.92 Å². The molecule has 0 aromatic carbocycles. The number of furan rings is 1. The van der Waals surface area contributed by atoms with Crippen LogP contribution in [0.15, 0.2) is 35.0 Å². The van der Waals surface area contributed by atoms with Gasteiger partial charge in [-0.05, 0) is 37.6 Å². The molecule has 9 nitrogen and oxygen atoms in total. The molecule has 0 aliphatic heterocycles. The Kier molecular flexibility index (Phi) is 6.13. The first-order valence-electron chi connectivity index (χ1n) is 8.70. The number of aromatic nitrogens is 2. The van der Waals surface area contributed by atoms with Crippen LogP contribution in [0.2, 0.25) is 0 Å². The Morgan fingerprint density at radius 1 is 1.28 bits per heavy atom. The fourth-order valence-electron chi connectivity index (χ4n) is 2.64. The third-order valence-electron chi connectivity index (χ3n) is 3.99. The number of nitrogens with zero attached hydrogens (tertiary/aromatic N) is 2. The standard InChI is InChI=1S/C19H19N3O6S/c1-4-27-19(25)15-11(2)14(18(24)26-3)17(29-15)21-16(23)13-7-6-12(28-13)10-22-9-5-8-20-22/h5-9H,4,10H2,1-3H3,(H,21,23). The van der Waals surface area contributed by atoms with E-state index >= 15 is 0 Å². The first-order valence-corrected chi connectivity index (χ1v) is 9.52. The van der Waals surface area contributed by atoms with Crippen LogP contribution >= 0.6 is 11.3 Å². The van der Waals surface area contributed by atoms with Crippen molar-refractivity contribution < 1.29 is 28.3 Å². The van der Waals surface area contributed by atoms with E-state index in [2.05, 4.69) is 10.4 Å². The van der Waals surface area contributed by atoms with Crippen molar-refractivity contribution in [3.8, 4) is 0 Å². The predicted octanol–water partition coefficient (Wildman–Crippen LogP) is 3.11. The molecule has 3 rings (SSSR count). The van der Waals surface area contributed by atoms with Gasteiger partial charge in [0, 0.05) is 12.4 Å². The van der Waals surface area contributed by atoms with Gasteiger partial charge in [0.15, 0.2) is 5.76 Å². The van der Waals surface area contributed by atoms with Gasteiger partial charge in [-0.3, -0.25) is 9.48 Å². The van der Waals surface area contributed by atoms with Crippen LogP contribution < -0.4 is 5.32 Å². The van der Waals surface area contributed by atoms with Gasteiger partial charge in [0.1, 0.15) is 15.6 Å². The fourth-order valence-corrected chi connectivity index (χ4v) is 3.73. The molecule has 1 amide bonds. The molecule has 0 aliphatic rings. The highest BCUT2D eigenvalue weighted by atomic mass is 32.1. The quantitative estimate of drug-likeness (QED) is 0.588. The Bertz CT molecular complexity index is 1030. The minimum absolute atomic E-state index is 0.0618. The number of anilines is 1. The number of methoxy groups -OCH3 is 1. The maximum Gasteiger partial charge on any atom is 0.348 e. The molecular formula is C19H19N3O6S. The Morgan fingerprint density at radius 2 is 2.07 bits per heavy atom. The summed E-state index contributed by atoms with van der Waals surface area (Å²) in [6.07, 6.45) is 3.42. The molecule has 0 bridgehead atoms. The van der Waals surface area contributed by atoms with Gasteiger partial charge in [0.2, 0.25) is 0 Å². The molecule has 152 valence electrons. The molecule has 0 atom stereocenters. The Labute approximate surface area is 170 Å². The molecule has 3 aromatic rings. The van der Waals surface area contributed by atoms with Crippen LogP contribution in [-0.4, -0.2) is 41.3 Å². The lowest BCUT2D eigenvalue weighted by Crippen LogP contribution is -2.13. The van der Waals surface area contributed by atoms with Gasteiger partial charge >= 0.3 is 11.9 Å². The highest BCUT2D eigenvalue weighted by Gasteiger charge is 2.27. The third-order valence-corrected chi connectivity index (χ3v) is 5.17. The lowest BCUT2D eigenvalue weighted by atomic mass is 10.1. The van der Waals surface area contributed by atoms with E-state index in [9.17, 15) is 14.4 Å². The molecular weight excluding hydrogens is 398 g/mol. The topological polar surface area (TPSA) is 113 Å². The van der Waals surface area contributed by atoms with Gasteiger partial charge in [-0.15, -0.1) is 11.3 Å². The second-order valence-corrected chi connectivity index (χ2v) is 6.92. The van der Waals surface area contributed by atoms with Crippen molar-refractivity contribution >= 4 is 34.2 Å². The number of hydrogen-bond donors (Lipinski definition) is 1. The van der Waals surface area contributed by atoms with Crippen molar-refractivity contribution in [2.24, 2.45) is 0 Å². The number of ether oxygens (including phenoxy) is 2. The fraction of sp³-hybridized carbons (Fsp3) is 0.263. The average molecular weight is 417 g/mol. The molecule has 3 aromatic heterocycles. The van der Waals surface area contributed by atoms with Crippen LogP contribution in [0.3, 0.4) is 0 Å². The van der Waals surface area contributed by atoms with Crippen molar-refractivity contribution in [1.82, 2.24) is 9.78 Å². The van der Waals surface area contributed by atoms with E-state index in [1.165, 1.54) is 13.2 Å². The summed E-state index contributed by atoms with van der Waals surface area (Å²) in [5.74, 6) is -1.18. The molecule has 1 N–H and O–H groups in total. The lowest BCUT2D eigenvalue weighted by molar-refractivity contribution is 0.0531. The number of amides is 1. The maximum atomic E-state index is 12.6. The summed E-state index contributed by atoms with van der Waals surface area (Å²) in [7, 11) is 1.23. The number of thiophene rings is 1. The average Bonchev–Trinajstić information content (AvgIpc) is 3.43. The zero-order valence-electron chi connectivity index (χ0n) is 16.1. The number of hydrogen-bond acceptors (Lipinski definition) is 8. The van der Waals surface area contributed by atoms with Crippen LogP contribution in [0.1, 0.15) is 48.8 Å². The van der Waals surface area contributed by atoms with Crippen LogP contribution in [0.4, 0.5) is 5.00 Å². The first kappa shape index (κ1) is 20.3. The summed E-state index contributed by atoms with van der Waals surface area (Å²) in [4.78, 5) is 37.2. The summed E-state index contributed by atoms with van der Waals surface area (Å²) in [5, 5.41) is 6.90. The van der Waals surface area contributed by atoms with Crippen molar-refractivity contribution in [1.29, 1.82) is 0 Å². The molecule has 0 spiro atoms. The molecule has 0 saturated heterocycles. The number of rotatable bonds is 7. The summed E-state index contributed by atoms with van der Waals surface area (Å²) in [6.45, 7) is 3.85. The van der Waals surface area contributed by atoms with Gasteiger partial charge in [-0.2, -0.15) is 5.10 Å². The third kappa shape index (κ3) is 4.37. The molecule has 0 radical (unpaired) electrons. The number of carbonyl (C=O) groups excluding carboxylic acids is 3. The van der Waals surface area contributed by atoms with Crippen LogP contribution in [-0.2, 0) is 16.0 Å². The van der Waals surface area contributed by atoms with E-state index in [1.807, 2.05) is 0 Å². The smallest absolute Gasteiger partial charge is 0.348 e. The Morgan fingerprint density at radius 3 is 2.72 bits per heavy atom. The van der Waals surface area contributed by atoms with E-state index in [1.54, 1.807) is 43.1 Å². The molecule has 0 saturated carbocycles. The highest BCUT2D eigenvalue weighted by Crippen LogP contribution is 2.34. The van der Waals surface area contributed by atoms with Gasteiger partial charge in [0.05, 0.1) is 25.8 Å². The SMILES string of the molecule is CCOC(=O)c1sc(NC(=O)c2ccc(Cn3cccn3)o2)c(C(=O)OC)c1C. The number of esters is 2. The normalized spacial score (nSPS) is 10.6. The van der Waals surface area contributed by atoms with Crippen LogP contribution in [0.25, 0.3) is 0 Å². The minimum Gasteiger partial charge on any atom is -0.465 e. The number of nitrogens with one attached hydrogen (secondary N) is 1. The van der Waals surface area contributed by atoms with Gasteiger partial charge in [0.25, 0.3) is 5.91 Å². The largest absolute Gasteiger partial charge is 0.465 e. The first-order chi connectivity index (χ1) is 13.9. The molecule has 0 aliphatic carbocycles. The molecule has 3 heterocycles. The Hall–Kier alpha value is -3.40. The van der Waals surface area contributed by atoms with Gasteiger partial charge in [-0.25, -0.2) is 9.59 Å². The van der Waals surface area contributed by atoms with E-state index in [0.717, 1.165) is 11.3 Å². The summed E-state index contributed by atoms with van der Waals surface area (Å²) in [6, 6.07) is 4.98. The van der Waals surface area contributed by atoms with Gasteiger partial charge in [-0.1, -0.05) is 0 Å². The second-order valence-electron chi connectivity index (χ2n) is 5.90. The highest BCUT2D eigenvalue weighted by molar-refractivity contribution is 7.18. The molecule has 0 unspecified atom stereocenters. The monoisotopic (exact) mass is 417 g/mol. The minimum atomic E-state index is -0.664. The number of carbonyl (C=O) groups is 3. The second kappa shape index (κ2) is 8.74. The van der Waals surface area contributed by atoms with Crippen molar-refractivity contribution in [2.75, 3.05) is 19.0 Å². The van der Waals surface area contributed by atoms with Gasteiger partial charge < -0.3 is 19.2 Å². The van der Waals surface area contributed by atoms with E-state index in [4.69, 9.17) is 13.9 Å². The summed E-state index contributed by atoms with van der Waals surface area (Å²) < 4.78 is 17.0. The summed E-state index contributed by atoms with van der Waals surface area (Å²) >= 11 is 0.948. The van der Waals surface area contributed by atoms with E-state index in [-0.39, 0.29) is 27.8 Å². The molecule has 29 heavy (non-hydrogen) atoms. The predicted molar refractivity (Wildman–Crippen MR) is 104 cm³/mol. The Balaban J connectivity index is 1.84. The summed E-state index contributed by atoms with van der Waals surface area (Å²) in [5.41, 5.74) is 0.492. The van der Waals surface area contributed by atoms with Crippen molar-refractivity contribution in [3.63, 3.8) is 0 Å². The van der Waals surface area contributed by atoms with Crippen LogP contribution in [0.5, 0.6) is 0 Å². The van der Waals surface area contributed by atoms with Crippen molar-refractivity contribution in [3.05, 3.63) is 58.1 Å². The molecule has 10 heteroatoms. The maximum absolute atomic E-state index is 12.6.